The van der Waals surface area contributed by atoms with E-state index in [0.29, 0.717) is 0 Å². The molecule has 0 aliphatic carbocycles. The fourth-order valence-electron chi connectivity index (χ4n) is 0.707. The highest BCUT2D eigenvalue weighted by Gasteiger charge is 2.32. The van der Waals surface area contributed by atoms with Gasteiger partial charge < -0.3 is 10.8 Å². The van der Waals surface area contributed by atoms with Crippen LogP contribution in [0.5, 0.6) is 0 Å². The summed E-state index contributed by atoms with van der Waals surface area (Å²) in [6, 6.07) is 0. The first-order valence-corrected chi connectivity index (χ1v) is 5.88. The summed E-state index contributed by atoms with van der Waals surface area (Å²) in [5.41, 5.74) is 4.13. The molecule has 0 aromatic rings. The third-order valence-corrected chi connectivity index (χ3v) is 2.94. The van der Waals surface area contributed by atoms with E-state index in [4.69, 9.17) is 10.8 Å². The fraction of sp³-hybridized carbons (Fsp3) is 0.857. The van der Waals surface area contributed by atoms with Gasteiger partial charge in [-0.1, -0.05) is 0 Å². The topological polar surface area (TPSA) is 97.5 Å². The molecule has 0 aromatic carbocycles. The number of nitrogens with two attached hydrogens (primary N) is 1. The molecule has 0 aliphatic heterocycles. The molecule has 1 atom stereocenters. The van der Waals surface area contributed by atoms with Crippen LogP contribution in [0.25, 0.3) is 0 Å². The molecule has 0 aliphatic rings. The molecule has 78 valence electrons. The Morgan fingerprint density at radius 2 is 2.00 bits per heavy atom. The molecular weight excluding hydrogens is 194 g/mol. The Morgan fingerprint density at radius 1 is 1.54 bits per heavy atom. The molecule has 0 rings (SSSR count). The summed E-state index contributed by atoms with van der Waals surface area (Å²) >= 11 is 0. The highest BCUT2D eigenvalue weighted by molar-refractivity contribution is 7.90. The van der Waals surface area contributed by atoms with Gasteiger partial charge in [0.15, 0.2) is 0 Å². The van der Waals surface area contributed by atoms with Gasteiger partial charge in [0.25, 0.3) is 0 Å². The number of carbonyl (C=O) groups is 1. The highest BCUT2D eigenvalue weighted by atomic mass is 32.2. The zero-order valence-corrected chi connectivity index (χ0v) is 8.60. The lowest BCUT2D eigenvalue weighted by Gasteiger charge is -2.21. The molecule has 0 amide bonds. The number of hydrogen-bond acceptors (Lipinski definition) is 4. The molecule has 0 spiro atoms. The van der Waals surface area contributed by atoms with Crippen LogP contribution >= 0.6 is 0 Å². The average molecular weight is 209 g/mol. The number of carboxylic acids is 1. The third-order valence-electron chi connectivity index (χ3n) is 1.99. The van der Waals surface area contributed by atoms with Crippen molar-refractivity contribution in [1.29, 1.82) is 0 Å². The minimum Gasteiger partial charge on any atom is -0.481 e. The molecule has 0 saturated carbocycles. The van der Waals surface area contributed by atoms with E-state index in [1.807, 2.05) is 0 Å². The third kappa shape index (κ3) is 4.23. The first-order chi connectivity index (χ1) is 5.71. The maximum atomic E-state index is 10.8. The van der Waals surface area contributed by atoms with E-state index in [0.717, 1.165) is 6.26 Å². The molecule has 3 N–H and O–H groups in total. The Labute approximate surface area is 77.8 Å². The predicted molar refractivity (Wildman–Crippen MR) is 49.1 cm³/mol. The van der Waals surface area contributed by atoms with E-state index in [-0.39, 0.29) is 18.7 Å². The minimum absolute atomic E-state index is 0.0532. The normalized spacial score (nSPS) is 16.5. The van der Waals surface area contributed by atoms with Crippen LogP contribution in [0.1, 0.15) is 13.3 Å². The molecule has 0 radical (unpaired) electrons. The van der Waals surface area contributed by atoms with Gasteiger partial charge in [0.1, 0.15) is 9.84 Å². The lowest BCUT2D eigenvalue weighted by Crippen LogP contribution is -2.37. The van der Waals surface area contributed by atoms with E-state index in [1.54, 1.807) is 0 Å². The monoisotopic (exact) mass is 209 g/mol. The Morgan fingerprint density at radius 3 is 2.23 bits per heavy atom. The van der Waals surface area contributed by atoms with Gasteiger partial charge in [-0.15, -0.1) is 0 Å². The summed E-state index contributed by atoms with van der Waals surface area (Å²) in [6.45, 7) is 1.39. The first kappa shape index (κ1) is 12.4. The maximum Gasteiger partial charge on any atom is 0.310 e. The van der Waals surface area contributed by atoms with E-state index in [1.165, 1.54) is 6.92 Å². The van der Waals surface area contributed by atoms with Gasteiger partial charge >= 0.3 is 5.97 Å². The Hall–Kier alpha value is -0.620. The van der Waals surface area contributed by atoms with Crippen LogP contribution in [0, 0.1) is 5.41 Å². The van der Waals surface area contributed by atoms with E-state index in [9.17, 15) is 13.2 Å². The molecule has 13 heavy (non-hydrogen) atoms. The standard InChI is InChI=1S/C7H15NO4S/c1-7(5-8,6(9)10)3-4-13(2,11)12/h3-5,8H2,1-2H3,(H,9,10). The molecule has 0 bridgehead atoms. The van der Waals surface area contributed by atoms with Crippen LogP contribution in [0.2, 0.25) is 0 Å². The number of sulfone groups is 1. The van der Waals surface area contributed by atoms with Crippen molar-refractivity contribution < 1.29 is 18.3 Å². The Bertz CT molecular complexity index is 285. The van der Waals surface area contributed by atoms with Gasteiger partial charge in [-0.2, -0.15) is 0 Å². The summed E-state index contributed by atoms with van der Waals surface area (Å²) in [5.74, 6) is -1.20. The van der Waals surface area contributed by atoms with Crippen LogP contribution in [0.4, 0.5) is 0 Å². The largest absolute Gasteiger partial charge is 0.481 e. The Kier molecular flexibility index (Phi) is 3.87. The van der Waals surface area contributed by atoms with Crippen LogP contribution in [0.3, 0.4) is 0 Å². The highest BCUT2D eigenvalue weighted by Crippen LogP contribution is 2.20. The SMILES string of the molecule is CC(CN)(CCS(C)(=O)=O)C(=O)O. The van der Waals surface area contributed by atoms with E-state index < -0.39 is 21.2 Å². The minimum atomic E-state index is -3.12. The van der Waals surface area contributed by atoms with Gasteiger partial charge in [-0.25, -0.2) is 8.42 Å². The summed E-state index contributed by atoms with van der Waals surface area (Å²) in [4.78, 5) is 10.7. The van der Waals surface area contributed by atoms with Gasteiger partial charge in [-0.3, -0.25) is 4.79 Å². The van der Waals surface area contributed by atoms with Crippen LogP contribution < -0.4 is 5.73 Å². The van der Waals surface area contributed by atoms with Crippen LogP contribution in [-0.4, -0.2) is 38.0 Å². The molecule has 0 aromatic heterocycles. The van der Waals surface area contributed by atoms with Gasteiger partial charge in [0.05, 0.1) is 11.2 Å². The number of hydrogen-bond donors (Lipinski definition) is 2. The molecule has 0 saturated heterocycles. The summed E-state index contributed by atoms with van der Waals surface area (Å²) < 4.78 is 21.6. The number of aliphatic carboxylic acids is 1. The zero-order chi connectivity index (χ0) is 10.7. The molecule has 5 nitrogen and oxygen atoms in total. The van der Waals surface area contributed by atoms with Crippen molar-refractivity contribution in [2.75, 3.05) is 18.6 Å². The molecular formula is C7H15NO4S. The molecule has 0 heterocycles. The second kappa shape index (κ2) is 4.06. The second-order valence-electron chi connectivity index (χ2n) is 3.45. The summed E-state index contributed by atoms with van der Waals surface area (Å²) in [6.07, 6.45) is 1.13. The van der Waals surface area contributed by atoms with E-state index in [2.05, 4.69) is 0 Å². The number of rotatable bonds is 5. The van der Waals surface area contributed by atoms with Gasteiger partial charge in [0, 0.05) is 12.8 Å². The van der Waals surface area contributed by atoms with E-state index >= 15 is 0 Å². The molecule has 0 fully saturated rings. The lowest BCUT2D eigenvalue weighted by atomic mass is 9.88. The fourth-order valence-corrected chi connectivity index (χ4v) is 1.53. The predicted octanol–water partition coefficient (Wildman–Crippen LogP) is -0.529. The molecule has 6 heteroatoms. The number of carboxylic acid groups (broad SMARTS) is 1. The van der Waals surface area contributed by atoms with Crippen molar-refractivity contribution >= 4 is 15.8 Å². The second-order valence-corrected chi connectivity index (χ2v) is 5.71. The van der Waals surface area contributed by atoms with Crippen molar-refractivity contribution in [3.8, 4) is 0 Å². The lowest BCUT2D eigenvalue weighted by molar-refractivity contribution is -0.147. The van der Waals surface area contributed by atoms with Crippen molar-refractivity contribution in [3.63, 3.8) is 0 Å². The zero-order valence-electron chi connectivity index (χ0n) is 7.78. The van der Waals surface area contributed by atoms with Crippen molar-refractivity contribution in [3.05, 3.63) is 0 Å². The smallest absolute Gasteiger partial charge is 0.310 e. The van der Waals surface area contributed by atoms with Crippen LogP contribution in [0.15, 0.2) is 0 Å². The van der Waals surface area contributed by atoms with Crippen LogP contribution in [-0.2, 0) is 14.6 Å². The quantitative estimate of drug-likeness (QED) is 0.634. The Balaban J connectivity index is 4.39. The van der Waals surface area contributed by atoms with Crippen molar-refractivity contribution in [2.45, 2.75) is 13.3 Å². The van der Waals surface area contributed by atoms with Crippen molar-refractivity contribution in [2.24, 2.45) is 11.1 Å². The molecule has 1 unspecified atom stereocenters. The maximum absolute atomic E-state index is 10.8. The van der Waals surface area contributed by atoms with Gasteiger partial charge in [0.2, 0.25) is 0 Å². The summed E-state index contributed by atoms with van der Waals surface area (Å²) in [7, 11) is -3.12. The average Bonchev–Trinajstić information content (AvgIpc) is 1.98. The summed E-state index contributed by atoms with van der Waals surface area (Å²) in [5, 5.41) is 8.75. The first-order valence-electron chi connectivity index (χ1n) is 3.82. The van der Waals surface area contributed by atoms with Crippen molar-refractivity contribution in [1.82, 2.24) is 0 Å². The van der Waals surface area contributed by atoms with Gasteiger partial charge in [-0.05, 0) is 13.3 Å².